The van der Waals surface area contributed by atoms with E-state index in [0.29, 0.717) is 18.7 Å². The molecular formula is C12H17F3N2O. The summed E-state index contributed by atoms with van der Waals surface area (Å²) in [7, 11) is 1.62. The molecule has 1 atom stereocenters. The summed E-state index contributed by atoms with van der Waals surface area (Å²) in [4.78, 5) is 3.77. The predicted octanol–water partition coefficient (Wildman–Crippen LogP) is 2.92. The normalized spacial score (nSPS) is 13.6. The molecule has 2 N–H and O–H groups in total. The number of ether oxygens (including phenoxy) is 1. The third-order valence-corrected chi connectivity index (χ3v) is 2.61. The minimum Gasteiger partial charge on any atom is -0.385 e. The van der Waals surface area contributed by atoms with Crippen LogP contribution in [0.1, 0.15) is 36.6 Å². The maximum atomic E-state index is 12.3. The van der Waals surface area contributed by atoms with E-state index >= 15 is 0 Å². The Bertz CT molecular complexity index is 351. The van der Waals surface area contributed by atoms with E-state index in [9.17, 15) is 13.2 Å². The predicted molar refractivity (Wildman–Crippen MR) is 61.9 cm³/mol. The molecule has 0 bridgehead atoms. The van der Waals surface area contributed by atoms with E-state index < -0.39 is 11.7 Å². The van der Waals surface area contributed by atoms with Gasteiger partial charge in [-0.2, -0.15) is 13.2 Å². The Hall–Kier alpha value is -1.14. The number of aromatic nitrogens is 1. The lowest BCUT2D eigenvalue weighted by atomic mass is 10.1. The summed E-state index contributed by atoms with van der Waals surface area (Å²) in [6, 6.07) is 2.02. The SMILES string of the molecule is COCCCCC(N)c1ccc(C(F)(F)F)cn1. The fourth-order valence-corrected chi connectivity index (χ4v) is 1.55. The first-order chi connectivity index (χ1) is 8.45. The smallest absolute Gasteiger partial charge is 0.385 e. The molecule has 0 saturated carbocycles. The first-order valence-corrected chi connectivity index (χ1v) is 5.73. The fourth-order valence-electron chi connectivity index (χ4n) is 1.55. The maximum absolute atomic E-state index is 12.3. The minimum absolute atomic E-state index is 0.330. The van der Waals surface area contributed by atoms with Crippen LogP contribution in [0.15, 0.2) is 18.3 Å². The van der Waals surface area contributed by atoms with Crippen molar-refractivity contribution in [2.24, 2.45) is 5.73 Å². The summed E-state index contributed by atoms with van der Waals surface area (Å²) in [6.07, 6.45) is -1.11. The number of alkyl halides is 3. The molecule has 1 heterocycles. The van der Waals surface area contributed by atoms with Gasteiger partial charge in [0.05, 0.1) is 11.3 Å². The number of pyridine rings is 1. The second-order valence-electron chi connectivity index (χ2n) is 4.06. The number of methoxy groups -OCH3 is 1. The first-order valence-electron chi connectivity index (χ1n) is 5.73. The molecule has 0 saturated heterocycles. The lowest BCUT2D eigenvalue weighted by molar-refractivity contribution is -0.137. The highest BCUT2D eigenvalue weighted by Gasteiger charge is 2.30. The third kappa shape index (κ3) is 4.62. The second kappa shape index (κ2) is 6.70. The van der Waals surface area contributed by atoms with E-state index in [1.165, 1.54) is 6.07 Å². The van der Waals surface area contributed by atoms with Gasteiger partial charge >= 0.3 is 6.18 Å². The number of unbranched alkanes of at least 4 members (excludes halogenated alkanes) is 1. The number of nitrogens with zero attached hydrogens (tertiary/aromatic N) is 1. The summed E-state index contributed by atoms with van der Waals surface area (Å²) in [5.74, 6) is 0. The van der Waals surface area contributed by atoms with Crippen molar-refractivity contribution < 1.29 is 17.9 Å². The average molecular weight is 262 g/mol. The Balaban J connectivity index is 2.51. The van der Waals surface area contributed by atoms with Crippen LogP contribution in [-0.2, 0) is 10.9 Å². The van der Waals surface area contributed by atoms with Crippen molar-refractivity contribution in [2.75, 3.05) is 13.7 Å². The van der Waals surface area contributed by atoms with E-state index in [2.05, 4.69) is 4.98 Å². The van der Waals surface area contributed by atoms with E-state index in [-0.39, 0.29) is 6.04 Å². The molecule has 18 heavy (non-hydrogen) atoms. The maximum Gasteiger partial charge on any atom is 0.417 e. The van der Waals surface area contributed by atoms with Gasteiger partial charge in [-0.25, -0.2) is 0 Å². The van der Waals surface area contributed by atoms with Gasteiger partial charge in [0.2, 0.25) is 0 Å². The quantitative estimate of drug-likeness (QED) is 0.802. The number of halogens is 3. The zero-order valence-electron chi connectivity index (χ0n) is 10.2. The lowest BCUT2D eigenvalue weighted by Gasteiger charge is -2.12. The van der Waals surface area contributed by atoms with Crippen LogP contribution >= 0.6 is 0 Å². The number of hydrogen-bond acceptors (Lipinski definition) is 3. The minimum atomic E-state index is -4.35. The van der Waals surface area contributed by atoms with Gasteiger partial charge in [0.25, 0.3) is 0 Å². The molecule has 0 aliphatic heterocycles. The lowest BCUT2D eigenvalue weighted by Crippen LogP contribution is -2.13. The van der Waals surface area contributed by atoms with Crippen LogP contribution in [0.4, 0.5) is 13.2 Å². The third-order valence-electron chi connectivity index (χ3n) is 2.61. The van der Waals surface area contributed by atoms with Gasteiger partial charge in [-0.05, 0) is 31.4 Å². The van der Waals surface area contributed by atoms with E-state index in [1.54, 1.807) is 7.11 Å². The standard InChI is InChI=1S/C12H17F3N2O/c1-18-7-3-2-4-10(16)11-6-5-9(8-17-11)12(13,14)15/h5-6,8,10H,2-4,7,16H2,1H3. The molecule has 1 aromatic heterocycles. The van der Waals surface area contributed by atoms with Crippen LogP contribution in [0, 0.1) is 0 Å². The summed E-state index contributed by atoms with van der Waals surface area (Å²) in [5, 5.41) is 0. The Morgan fingerprint density at radius 3 is 2.56 bits per heavy atom. The van der Waals surface area contributed by atoms with Gasteiger partial charge < -0.3 is 10.5 Å². The van der Waals surface area contributed by atoms with Crippen molar-refractivity contribution in [3.8, 4) is 0 Å². The number of hydrogen-bond donors (Lipinski definition) is 1. The highest BCUT2D eigenvalue weighted by Crippen LogP contribution is 2.29. The number of rotatable bonds is 6. The molecule has 0 aliphatic carbocycles. The summed E-state index contributed by atoms with van der Waals surface area (Å²) >= 11 is 0. The molecule has 0 radical (unpaired) electrons. The van der Waals surface area contributed by atoms with Gasteiger partial charge in [0.15, 0.2) is 0 Å². The van der Waals surface area contributed by atoms with Crippen LogP contribution in [0.2, 0.25) is 0 Å². The summed E-state index contributed by atoms with van der Waals surface area (Å²) < 4.78 is 41.9. The molecule has 1 unspecified atom stereocenters. The molecule has 0 amide bonds. The van der Waals surface area contributed by atoms with Crippen molar-refractivity contribution >= 4 is 0 Å². The van der Waals surface area contributed by atoms with Crippen molar-refractivity contribution in [1.82, 2.24) is 4.98 Å². The van der Waals surface area contributed by atoms with Gasteiger partial charge in [-0.15, -0.1) is 0 Å². The molecule has 3 nitrogen and oxygen atoms in total. The number of nitrogens with two attached hydrogens (primary N) is 1. The van der Waals surface area contributed by atoms with Crippen molar-refractivity contribution in [3.63, 3.8) is 0 Å². The summed E-state index contributed by atoms with van der Waals surface area (Å²) in [5.41, 5.74) is 5.59. The van der Waals surface area contributed by atoms with Gasteiger partial charge in [0, 0.05) is 26.0 Å². The second-order valence-corrected chi connectivity index (χ2v) is 4.06. The van der Waals surface area contributed by atoms with Crippen LogP contribution in [0.3, 0.4) is 0 Å². The Morgan fingerprint density at radius 1 is 1.33 bits per heavy atom. The largest absolute Gasteiger partial charge is 0.417 e. The van der Waals surface area contributed by atoms with Gasteiger partial charge in [0.1, 0.15) is 0 Å². The highest BCUT2D eigenvalue weighted by atomic mass is 19.4. The molecule has 102 valence electrons. The van der Waals surface area contributed by atoms with E-state index in [1.807, 2.05) is 0 Å². The zero-order chi connectivity index (χ0) is 13.6. The first kappa shape index (κ1) is 14.9. The molecule has 6 heteroatoms. The monoisotopic (exact) mass is 262 g/mol. The van der Waals surface area contributed by atoms with Crippen molar-refractivity contribution in [1.29, 1.82) is 0 Å². The van der Waals surface area contributed by atoms with Crippen LogP contribution in [-0.4, -0.2) is 18.7 Å². The van der Waals surface area contributed by atoms with E-state index in [0.717, 1.165) is 25.1 Å². The van der Waals surface area contributed by atoms with Crippen LogP contribution in [0.25, 0.3) is 0 Å². The topological polar surface area (TPSA) is 48.1 Å². The Morgan fingerprint density at radius 2 is 2.06 bits per heavy atom. The molecule has 0 aliphatic rings. The molecule has 1 rings (SSSR count). The molecule has 0 spiro atoms. The van der Waals surface area contributed by atoms with Crippen LogP contribution < -0.4 is 5.73 Å². The summed E-state index contributed by atoms with van der Waals surface area (Å²) in [6.45, 7) is 0.660. The molecule has 1 aromatic rings. The Labute approximate surface area is 104 Å². The fraction of sp³-hybridized carbons (Fsp3) is 0.583. The molecule has 0 fully saturated rings. The van der Waals surface area contributed by atoms with Gasteiger partial charge in [-0.3, -0.25) is 4.98 Å². The van der Waals surface area contributed by atoms with Crippen molar-refractivity contribution in [2.45, 2.75) is 31.5 Å². The highest BCUT2D eigenvalue weighted by molar-refractivity contribution is 5.18. The van der Waals surface area contributed by atoms with Crippen molar-refractivity contribution in [3.05, 3.63) is 29.6 Å². The molecular weight excluding hydrogens is 245 g/mol. The zero-order valence-corrected chi connectivity index (χ0v) is 10.2. The van der Waals surface area contributed by atoms with E-state index in [4.69, 9.17) is 10.5 Å². The van der Waals surface area contributed by atoms with Crippen LogP contribution in [0.5, 0.6) is 0 Å². The Kier molecular flexibility index (Phi) is 5.55. The average Bonchev–Trinajstić information content (AvgIpc) is 2.33. The molecule has 0 aromatic carbocycles. The van der Waals surface area contributed by atoms with Gasteiger partial charge in [-0.1, -0.05) is 0 Å².